The molecule has 2 heteroatoms. The maximum Gasteiger partial charge on any atom is 0.0920 e. The first kappa shape index (κ1) is 16.4. The summed E-state index contributed by atoms with van der Waals surface area (Å²) in [7, 11) is 0. The van der Waals surface area contributed by atoms with Crippen LogP contribution >= 0.6 is 0 Å². The van der Waals surface area contributed by atoms with Crippen LogP contribution in [0.1, 0.15) is 49.9 Å². The van der Waals surface area contributed by atoms with Crippen LogP contribution in [0.25, 0.3) is 0 Å². The number of hydrogen-bond acceptors (Lipinski definition) is 2. The van der Waals surface area contributed by atoms with Crippen molar-refractivity contribution >= 4 is 11.4 Å². The predicted octanol–water partition coefficient (Wildman–Crippen LogP) is 6.35. The van der Waals surface area contributed by atoms with E-state index in [-0.39, 0.29) is 0 Å². The third-order valence-corrected chi connectivity index (χ3v) is 4.18. The summed E-state index contributed by atoms with van der Waals surface area (Å²) in [6, 6.07) is 12.8. The van der Waals surface area contributed by atoms with Gasteiger partial charge in [-0.25, -0.2) is 0 Å². The van der Waals surface area contributed by atoms with Gasteiger partial charge in [0.1, 0.15) is 0 Å². The summed E-state index contributed by atoms with van der Waals surface area (Å²) in [4.78, 5) is 0. The first-order chi connectivity index (χ1) is 10.7. The van der Waals surface area contributed by atoms with Gasteiger partial charge >= 0.3 is 0 Å². The molecule has 22 heavy (non-hydrogen) atoms. The molecular weight excluding hydrogens is 268 g/mol. The first-order valence-electron chi connectivity index (χ1n) is 8.38. The van der Waals surface area contributed by atoms with Crippen LogP contribution in [0.3, 0.4) is 0 Å². The van der Waals surface area contributed by atoms with E-state index in [1.165, 1.54) is 22.3 Å². The van der Waals surface area contributed by atoms with Crippen LogP contribution in [0.5, 0.6) is 0 Å². The van der Waals surface area contributed by atoms with Gasteiger partial charge in [-0.1, -0.05) is 64.1 Å². The van der Waals surface area contributed by atoms with Crippen LogP contribution in [-0.2, 0) is 25.7 Å². The Balaban J connectivity index is 2.49. The molecule has 0 amide bonds. The average Bonchev–Trinajstić information content (AvgIpc) is 2.58. The molecule has 0 atom stereocenters. The fourth-order valence-corrected chi connectivity index (χ4v) is 2.79. The van der Waals surface area contributed by atoms with E-state index in [4.69, 9.17) is 0 Å². The Hall–Kier alpha value is -1.96. The summed E-state index contributed by atoms with van der Waals surface area (Å²) < 4.78 is 0. The van der Waals surface area contributed by atoms with Crippen LogP contribution in [0.2, 0.25) is 0 Å². The molecule has 0 N–H and O–H groups in total. The van der Waals surface area contributed by atoms with Crippen LogP contribution in [0, 0.1) is 0 Å². The highest BCUT2D eigenvalue weighted by Gasteiger charge is 2.08. The molecule has 0 unspecified atom stereocenters. The summed E-state index contributed by atoms with van der Waals surface area (Å²) in [5.41, 5.74) is 7.21. The van der Waals surface area contributed by atoms with Gasteiger partial charge in [0.05, 0.1) is 11.4 Å². The quantitative estimate of drug-likeness (QED) is 0.554. The van der Waals surface area contributed by atoms with E-state index in [0.29, 0.717) is 0 Å². The fraction of sp³-hybridized carbons (Fsp3) is 0.400. The molecule has 2 aromatic carbocycles. The van der Waals surface area contributed by atoms with Crippen LogP contribution in [0.4, 0.5) is 11.4 Å². The van der Waals surface area contributed by atoms with E-state index in [1.54, 1.807) is 0 Å². The van der Waals surface area contributed by atoms with Crippen molar-refractivity contribution in [2.24, 2.45) is 10.2 Å². The lowest BCUT2D eigenvalue weighted by Crippen LogP contribution is -1.89. The Morgan fingerprint density at radius 2 is 0.818 bits per heavy atom. The molecule has 0 spiro atoms. The molecule has 2 nitrogen and oxygen atoms in total. The molecule has 0 fully saturated rings. The number of benzene rings is 2. The molecule has 0 heterocycles. The lowest BCUT2D eigenvalue weighted by atomic mass is 10.0. The van der Waals surface area contributed by atoms with E-state index in [1.807, 2.05) is 0 Å². The molecule has 0 aliphatic heterocycles. The van der Waals surface area contributed by atoms with Gasteiger partial charge in [-0.15, -0.1) is 10.2 Å². The third-order valence-electron chi connectivity index (χ3n) is 4.18. The number of rotatable bonds is 6. The standard InChI is InChI=1S/C20H26N2/c1-5-15-11-9-12-16(6-2)19(15)21-22-20-17(7-3)13-10-14-18(20)8-4/h9-14H,5-8H2,1-4H3/b22-21+. The summed E-state index contributed by atoms with van der Waals surface area (Å²) in [6.45, 7) is 8.69. The minimum Gasteiger partial charge on any atom is -0.150 e. The van der Waals surface area contributed by atoms with Gasteiger partial charge in [-0.2, -0.15) is 0 Å². The molecule has 0 bridgehead atoms. The van der Waals surface area contributed by atoms with E-state index in [9.17, 15) is 0 Å². The normalized spacial score (nSPS) is 11.3. The fourth-order valence-electron chi connectivity index (χ4n) is 2.79. The minimum atomic E-state index is 0.984. The van der Waals surface area contributed by atoms with Crippen molar-refractivity contribution in [1.29, 1.82) is 0 Å². The maximum atomic E-state index is 4.66. The number of azo groups is 1. The summed E-state index contributed by atoms with van der Waals surface area (Å²) >= 11 is 0. The van der Waals surface area contributed by atoms with Gasteiger partial charge in [0.15, 0.2) is 0 Å². The van der Waals surface area contributed by atoms with Crippen molar-refractivity contribution in [3.05, 3.63) is 58.7 Å². The van der Waals surface area contributed by atoms with Crippen molar-refractivity contribution < 1.29 is 0 Å². The molecule has 0 saturated heterocycles. The molecule has 0 saturated carbocycles. The molecule has 0 aliphatic rings. The Morgan fingerprint density at radius 3 is 1.05 bits per heavy atom. The largest absolute Gasteiger partial charge is 0.150 e. The zero-order valence-electron chi connectivity index (χ0n) is 14.2. The molecular formula is C20H26N2. The minimum absolute atomic E-state index is 0.984. The van der Waals surface area contributed by atoms with E-state index >= 15 is 0 Å². The van der Waals surface area contributed by atoms with Crippen LogP contribution in [0.15, 0.2) is 46.6 Å². The van der Waals surface area contributed by atoms with E-state index in [2.05, 4.69) is 74.3 Å². The Kier molecular flexibility index (Phi) is 5.88. The summed E-state index contributed by atoms with van der Waals surface area (Å²) in [5, 5.41) is 9.32. The topological polar surface area (TPSA) is 24.7 Å². The smallest absolute Gasteiger partial charge is 0.0920 e. The van der Waals surface area contributed by atoms with Gasteiger partial charge in [0.25, 0.3) is 0 Å². The van der Waals surface area contributed by atoms with Crippen molar-refractivity contribution in [3.63, 3.8) is 0 Å². The number of hydrogen-bond donors (Lipinski definition) is 0. The van der Waals surface area contributed by atoms with Gasteiger partial charge in [0.2, 0.25) is 0 Å². The van der Waals surface area contributed by atoms with Crippen LogP contribution < -0.4 is 0 Å². The second-order valence-electron chi connectivity index (χ2n) is 5.46. The second kappa shape index (κ2) is 7.88. The molecule has 116 valence electrons. The predicted molar refractivity (Wildman–Crippen MR) is 94.6 cm³/mol. The van der Waals surface area contributed by atoms with Gasteiger partial charge in [-0.05, 0) is 47.9 Å². The molecule has 2 aromatic rings. The summed E-state index contributed by atoms with van der Waals surface area (Å²) in [5.74, 6) is 0. The average molecular weight is 294 g/mol. The van der Waals surface area contributed by atoms with Crippen molar-refractivity contribution in [2.75, 3.05) is 0 Å². The maximum absolute atomic E-state index is 4.66. The van der Waals surface area contributed by atoms with E-state index in [0.717, 1.165) is 37.1 Å². The first-order valence-corrected chi connectivity index (χ1v) is 8.38. The highest BCUT2D eigenvalue weighted by Crippen LogP contribution is 2.31. The molecule has 0 aliphatic carbocycles. The third kappa shape index (κ3) is 3.44. The molecule has 0 aromatic heterocycles. The highest BCUT2D eigenvalue weighted by atomic mass is 15.1. The highest BCUT2D eigenvalue weighted by molar-refractivity contribution is 5.56. The zero-order valence-corrected chi connectivity index (χ0v) is 14.2. The summed E-state index contributed by atoms with van der Waals surface area (Å²) in [6.07, 6.45) is 3.94. The van der Waals surface area contributed by atoms with Gasteiger partial charge in [-0.3, -0.25) is 0 Å². The van der Waals surface area contributed by atoms with Gasteiger partial charge < -0.3 is 0 Å². The molecule has 2 rings (SSSR count). The van der Waals surface area contributed by atoms with Crippen molar-refractivity contribution in [2.45, 2.75) is 53.4 Å². The monoisotopic (exact) mass is 294 g/mol. The zero-order chi connectivity index (χ0) is 15.9. The second-order valence-corrected chi connectivity index (χ2v) is 5.46. The Labute approximate surface area is 134 Å². The molecule has 0 radical (unpaired) electrons. The van der Waals surface area contributed by atoms with Crippen LogP contribution in [-0.4, -0.2) is 0 Å². The van der Waals surface area contributed by atoms with Gasteiger partial charge in [0, 0.05) is 0 Å². The lowest BCUT2D eigenvalue weighted by molar-refractivity contribution is 1.03. The Bertz CT molecular complexity index is 555. The Morgan fingerprint density at radius 1 is 0.545 bits per heavy atom. The van der Waals surface area contributed by atoms with Crippen molar-refractivity contribution in [3.8, 4) is 0 Å². The number of aryl methyl sites for hydroxylation is 4. The SMILES string of the molecule is CCc1cccc(CC)c1/N=N/c1c(CC)cccc1CC. The number of nitrogens with zero attached hydrogens (tertiary/aromatic N) is 2. The van der Waals surface area contributed by atoms with E-state index < -0.39 is 0 Å². The lowest BCUT2D eigenvalue weighted by Gasteiger charge is -2.10. The van der Waals surface area contributed by atoms with Crippen molar-refractivity contribution in [1.82, 2.24) is 0 Å².